The summed E-state index contributed by atoms with van der Waals surface area (Å²) in [5.74, 6) is -0.285. The smallest absolute Gasteiger partial charge is 0.255 e. The van der Waals surface area contributed by atoms with E-state index in [9.17, 15) is 9.18 Å². The van der Waals surface area contributed by atoms with Crippen LogP contribution < -0.4 is 5.56 Å². The Balaban J connectivity index is 1.58. The van der Waals surface area contributed by atoms with Crippen LogP contribution in [0.1, 0.15) is 11.3 Å². The average Bonchev–Trinajstić information content (AvgIpc) is 2.99. The van der Waals surface area contributed by atoms with Gasteiger partial charge in [0, 0.05) is 49.9 Å². The van der Waals surface area contributed by atoms with Gasteiger partial charge in [0.25, 0.3) is 5.56 Å². The third-order valence-corrected chi connectivity index (χ3v) is 5.95. The van der Waals surface area contributed by atoms with Crippen LogP contribution in [-0.2, 0) is 20.0 Å². The summed E-state index contributed by atoms with van der Waals surface area (Å²) in [7, 11) is 4.26. The van der Waals surface area contributed by atoms with E-state index in [1.165, 1.54) is 28.8 Å². The zero-order valence-corrected chi connectivity index (χ0v) is 16.5. The van der Waals surface area contributed by atoms with Crippen LogP contribution in [-0.4, -0.2) is 27.6 Å². The van der Waals surface area contributed by atoms with Gasteiger partial charge >= 0.3 is 0 Å². The minimum atomic E-state index is -0.285. The second-order valence-electron chi connectivity index (χ2n) is 7.80. The van der Waals surface area contributed by atoms with Crippen molar-refractivity contribution in [3.63, 3.8) is 0 Å². The molecule has 29 heavy (non-hydrogen) atoms. The van der Waals surface area contributed by atoms with Crippen LogP contribution in [0, 0.1) is 5.82 Å². The lowest BCUT2D eigenvalue weighted by Gasteiger charge is -2.23. The van der Waals surface area contributed by atoms with Crippen molar-refractivity contribution in [2.75, 3.05) is 13.6 Å². The van der Waals surface area contributed by atoms with E-state index < -0.39 is 0 Å². The molecule has 0 saturated heterocycles. The molecule has 0 saturated carbocycles. The summed E-state index contributed by atoms with van der Waals surface area (Å²) >= 11 is 0. The summed E-state index contributed by atoms with van der Waals surface area (Å²) < 4.78 is 17.1. The number of rotatable bonds is 2. The molecule has 0 unspecified atom stereocenters. The van der Waals surface area contributed by atoms with Crippen molar-refractivity contribution < 1.29 is 4.39 Å². The van der Waals surface area contributed by atoms with Crippen molar-refractivity contribution in [1.29, 1.82) is 0 Å². The fourth-order valence-electron chi connectivity index (χ4n) is 4.36. The van der Waals surface area contributed by atoms with Gasteiger partial charge in [-0.25, -0.2) is 4.39 Å². The number of pyridine rings is 1. The number of halogens is 1. The lowest BCUT2D eigenvalue weighted by molar-refractivity contribution is 0.310. The van der Waals surface area contributed by atoms with E-state index in [0.29, 0.717) is 0 Å². The maximum absolute atomic E-state index is 13.2. The van der Waals surface area contributed by atoms with Crippen molar-refractivity contribution >= 4 is 10.9 Å². The molecule has 0 spiro atoms. The van der Waals surface area contributed by atoms with E-state index in [2.05, 4.69) is 35.7 Å². The van der Waals surface area contributed by atoms with Crippen LogP contribution in [0.4, 0.5) is 4.39 Å². The SMILES string of the molecule is CN1CCc2c(c3ccc(-n4ccc(-c5ccc(F)cc5)cc4=O)cc3n2C)C1. The molecule has 1 aliphatic heterocycles. The van der Waals surface area contributed by atoms with E-state index in [4.69, 9.17) is 0 Å². The summed E-state index contributed by atoms with van der Waals surface area (Å²) in [4.78, 5) is 15.2. The van der Waals surface area contributed by atoms with Gasteiger partial charge in [-0.2, -0.15) is 0 Å². The Bertz CT molecular complexity index is 1280. The van der Waals surface area contributed by atoms with Crippen LogP contribution in [0.2, 0.25) is 0 Å². The van der Waals surface area contributed by atoms with Gasteiger partial charge < -0.3 is 9.47 Å². The molecule has 0 fully saturated rings. The van der Waals surface area contributed by atoms with Gasteiger partial charge in [-0.15, -0.1) is 0 Å². The molecule has 2 aromatic heterocycles. The molecule has 5 heteroatoms. The molecule has 1 aliphatic rings. The Morgan fingerprint density at radius 1 is 0.931 bits per heavy atom. The van der Waals surface area contributed by atoms with Crippen LogP contribution >= 0.6 is 0 Å². The number of hydrogen-bond donors (Lipinski definition) is 0. The van der Waals surface area contributed by atoms with Crippen LogP contribution in [0.5, 0.6) is 0 Å². The number of aromatic nitrogens is 2. The highest BCUT2D eigenvalue weighted by molar-refractivity contribution is 5.87. The normalized spacial score (nSPS) is 14.3. The van der Waals surface area contributed by atoms with Crippen molar-refractivity contribution in [1.82, 2.24) is 14.0 Å². The summed E-state index contributed by atoms with van der Waals surface area (Å²) in [6, 6.07) is 15.9. The standard InChI is InChI=1S/C24H22FN3O/c1-26-11-10-22-21(15-26)20-8-7-19(14-23(20)27(22)2)28-12-9-17(13-24(28)29)16-3-5-18(25)6-4-16/h3-9,12-14H,10-11,15H2,1-2H3. The predicted octanol–water partition coefficient (Wildman–Crippen LogP) is 4.12. The van der Waals surface area contributed by atoms with E-state index in [1.54, 1.807) is 29.0 Å². The maximum Gasteiger partial charge on any atom is 0.255 e. The first kappa shape index (κ1) is 17.9. The van der Waals surface area contributed by atoms with Gasteiger partial charge in [0.15, 0.2) is 0 Å². The number of likely N-dealkylation sites (N-methyl/N-ethyl adjacent to an activating group) is 1. The van der Waals surface area contributed by atoms with E-state index in [0.717, 1.165) is 41.8 Å². The largest absolute Gasteiger partial charge is 0.347 e. The van der Waals surface area contributed by atoms with Crippen molar-refractivity contribution in [3.05, 3.63) is 88.2 Å². The second-order valence-corrected chi connectivity index (χ2v) is 7.80. The third-order valence-electron chi connectivity index (χ3n) is 5.95. The second kappa shape index (κ2) is 6.71. The molecule has 4 aromatic rings. The molecule has 2 aromatic carbocycles. The van der Waals surface area contributed by atoms with Crippen LogP contribution in [0.15, 0.2) is 65.6 Å². The summed E-state index contributed by atoms with van der Waals surface area (Å²) in [6.45, 7) is 2.02. The van der Waals surface area contributed by atoms with Crippen LogP contribution in [0.25, 0.3) is 27.7 Å². The highest BCUT2D eigenvalue weighted by Gasteiger charge is 2.21. The molecule has 4 nitrogen and oxygen atoms in total. The van der Waals surface area contributed by atoms with E-state index >= 15 is 0 Å². The van der Waals surface area contributed by atoms with Gasteiger partial charge in [0.1, 0.15) is 5.82 Å². The quantitative estimate of drug-likeness (QED) is 0.518. The number of aryl methyl sites for hydroxylation is 1. The number of fused-ring (bicyclic) bond motifs is 3. The Hall–Kier alpha value is -3.18. The van der Waals surface area contributed by atoms with Crippen molar-refractivity contribution in [3.8, 4) is 16.8 Å². The lowest BCUT2D eigenvalue weighted by atomic mass is 10.0. The topological polar surface area (TPSA) is 30.2 Å². The lowest BCUT2D eigenvalue weighted by Crippen LogP contribution is -2.26. The van der Waals surface area contributed by atoms with Gasteiger partial charge in [-0.1, -0.05) is 18.2 Å². The Kier molecular flexibility index (Phi) is 4.14. The van der Waals surface area contributed by atoms with Crippen LogP contribution in [0.3, 0.4) is 0 Å². The first-order valence-electron chi connectivity index (χ1n) is 9.79. The molecular formula is C24H22FN3O. The minimum Gasteiger partial charge on any atom is -0.347 e. The molecule has 0 atom stereocenters. The Morgan fingerprint density at radius 3 is 2.48 bits per heavy atom. The van der Waals surface area contributed by atoms with Gasteiger partial charge in [0.05, 0.1) is 11.2 Å². The number of benzene rings is 2. The molecule has 3 heterocycles. The highest BCUT2D eigenvalue weighted by atomic mass is 19.1. The monoisotopic (exact) mass is 387 g/mol. The molecule has 0 radical (unpaired) electrons. The number of nitrogens with zero attached hydrogens (tertiary/aromatic N) is 3. The predicted molar refractivity (Wildman–Crippen MR) is 114 cm³/mol. The van der Waals surface area contributed by atoms with Gasteiger partial charge in [0.2, 0.25) is 0 Å². The molecule has 0 bridgehead atoms. The average molecular weight is 387 g/mol. The molecule has 0 aliphatic carbocycles. The highest BCUT2D eigenvalue weighted by Crippen LogP contribution is 2.31. The third kappa shape index (κ3) is 2.98. The molecular weight excluding hydrogens is 365 g/mol. The summed E-state index contributed by atoms with van der Waals surface area (Å²) in [5.41, 5.74) is 6.27. The maximum atomic E-state index is 13.2. The molecule has 146 valence electrons. The van der Waals surface area contributed by atoms with Gasteiger partial charge in [-0.05, 0) is 54.1 Å². The first-order valence-corrected chi connectivity index (χ1v) is 9.79. The van der Waals surface area contributed by atoms with Crippen molar-refractivity contribution in [2.45, 2.75) is 13.0 Å². The fourth-order valence-corrected chi connectivity index (χ4v) is 4.36. The number of hydrogen-bond acceptors (Lipinski definition) is 2. The zero-order valence-electron chi connectivity index (χ0n) is 16.5. The van der Waals surface area contributed by atoms with E-state index in [-0.39, 0.29) is 11.4 Å². The summed E-state index contributed by atoms with van der Waals surface area (Å²) in [6.07, 6.45) is 2.83. The Morgan fingerprint density at radius 2 is 1.72 bits per heavy atom. The zero-order chi connectivity index (χ0) is 20.1. The molecule has 0 amide bonds. The molecule has 0 N–H and O–H groups in total. The minimum absolute atomic E-state index is 0.107. The fraction of sp³-hybridized carbons (Fsp3) is 0.208. The van der Waals surface area contributed by atoms with E-state index in [1.807, 2.05) is 12.1 Å². The Labute approximate surface area is 168 Å². The van der Waals surface area contributed by atoms with Gasteiger partial charge in [-0.3, -0.25) is 9.36 Å². The van der Waals surface area contributed by atoms with Crippen molar-refractivity contribution in [2.24, 2.45) is 7.05 Å². The summed E-state index contributed by atoms with van der Waals surface area (Å²) in [5, 5.41) is 1.26. The first-order chi connectivity index (χ1) is 14.0. The molecule has 5 rings (SSSR count).